The van der Waals surface area contributed by atoms with Crippen LogP contribution in [0.2, 0.25) is 0 Å². The second-order valence-corrected chi connectivity index (χ2v) is 6.49. The average molecular weight is 301 g/mol. The third-order valence-corrected chi connectivity index (χ3v) is 3.53. The van der Waals surface area contributed by atoms with E-state index in [1.165, 1.54) is 18.2 Å². The Hall–Kier alpha value is -2.16. The number of benzene rings is 1. The number of nitro groups is 1. The largest absolute Gasteiger partial charge is 0.393 e. The van der Waals surface area contributed by atoms with Crippen molar-refractivity contribution < 1.29 is 18.1 Å². The zero-order chi connectivity index (χ0) is 15.3. The Balaban J connectivity index is 2.69. The van der Waals surface area contributed by atoms with Crippen LogP contribution in [0.25, 0.3) is 0 Å². The fourth-order valence-corrected chi connectivity index (χ4v) is 2.21. The molecule has 20 heavy (non-hydrogen) atoms. The van der Waals surface area contributed by atoms with Crippen molar-refractivity contribution in [2.24, 2.45) is 0 Å². The molecule has 0 atom stereocenters. The van der Waals surface area contributed by atoms with Crippen molar-refractivity contribution in [3.05, 3.63) is 33.9 Å². The minimum absolute atomic E-state index is 0.00134. The lowest BCUT2D eigenvalue weighted by Gasteiger charge is -2.07. The number of carbonyl (C=O) groups excluding carboxylic acids is 1. The first-order chi connectivity index (χ1) is 9.22. The predicted octanol–water partition coefficient (Wildman–Crippen LogP) is 0.342. The summed E-state index contributed by atoms with van der Waals surface area (Å²) in [4.78, 5) is 21.8. The van der Waals surface area contributed by atoms with E-state index < -0.39 is 20.7 Å². The lowest BCUT2D eigenvalue weighted by molar-refractivity contribution is -0.383. The molecule has 1 aromatic rings. The van der Waals surface area contributed by atoms with Crippen LogP contribution in [0.5, 0.6) is 0 Å². The maximum Gasteiger partial charge on any atom is 0.292 e. The molecule has 0 saturated heterocycles. The number of sulfone groups is 1. The third kappa shape index (κ3) is 4.50. The number of nitrogens with two attached hydrogens (primary N) is 1. The molecule has 0 aromatic heterocycles. The zero-order valence-corrected chi connectivity index (χ0v) is 11.6. The molecule has 1 amide bonds. The molecule has 0 aliphatic heterocycles. The normalized spacial score (nSPS) is 11.1. The molecule has 0 heterocycles. The number of rotatable bonds is 6. The number of anilines is 1. The zero-order valence-electron chi connectivity index (χ0n) is 10.8. The van der Waals surface area contributed by atoms with Crippen molar-refractivity contribution in [3.8, 4) is 0 Å². The molecule has 0 spiro atoms. The summed E-state index contributed by atoms with van der Waals surface area (Å²) in [6.45, 7) is 0.147. The van der Waals surface area contributed by atoms with Crippen LogP contribution in [0.15, 0.2) is 18.2 Å². The molecule has 9 heteroatoms. The van der Waals surface area contributed by atoms with E-state index in [0.717, 1.165) is 6.26 Å². The van der Waals surface area contributed by atoms with Crippen molar-refractivity contribution in [1.82, 2.24) is 5.32 Å². The van der Waals surface area contributed by atoms with Gasteiger partial charge in [0.05, 0.1) is 16.2 Å². The number of hydrogen-bond acceptors (Lipinski definition) is 6. The van der Waals surface area contributed by atoms with Gasteiger partial charge in [0.1, 0.15) is 15.5 Å². The molecule has 8 nitrogen and oxygen atoms in total. The minimum Gasteiger partial charge on any atom is -0.393 e. The first-order valence-electron chi connectivity index (χ1n) is 5.71. The van der Waals surface area contributed by atoms with Gasteiger partial charge in [0.15, 0.2) is 0 Å². The number of amides is 1. The van der Waals surface area contributed by atoms with E-state index in [2.05, 4.69) is 5.32 Å². The maximum absolute atomic E-state index is 11.8. The molecule has 0 aliphatic carbocycles. The van der Waals surface area contributed by atoms with Crippen molar-refractivity contribution in [3.63, 3.8) is 0 Å². The molecular formula is C11H15N3O5S. The second kappa shape index (κ2) is 6.33. The summed E-state index contributed by atoms with van der Waals surface area (Å²) < 4.78 is 21.8. The molecular weight excluding hydrogens is 286 g/mol. The monoisotopic (exact) mass is 301 g/mol. The van der Waals surface area contributed by atoms with Gasteiger partial charge >= 0.3 is 0 Å². The third-order valence-electron chi connectivity index (χ3n) is 2.50. The van der Waals surface area contributed by atoms with Crippen LogP contribution in [-0.4, -0.2) is 37.8 Å². The summed E-state index contributed by atoms with van der Waals surface area (Å²) >= 11 is 0. The van der Waals surface area contributed by atoms with Gasteiger partial charge in [-0.1, -0.05) is 6.07 Å². The fourth-order valence-electron chi connectivity index (χ4n) is 1.54. The first kappa shape index (κ1) is 15.9. The number of nitrogen functional groups attached to an aromatic ring is 1. The van der Waals surface area contributed by atoms with Crippen LogP contribution >= 0.6 is 0 Å². The number of carbonyl (C=O) groups is 1. The van der Waals surface area contributed by atoms with Gasteiger partial charge in [-0.25, -0.2) is 8.42 Å². The smallest absolute Gasteiger partial charge is 0.292 e. The van der Waals surface area contributed by atoms with Gasteiger partial charge < -0.3 is 11.1 Å². The quantitative estimate of drug-likeness (QED) is 0.337. The van der Waals surface area contributed by atoms with E-state index in [-0.39, 0.29) is 35.7 Å². The lowest BCUT2D eigenvalue weighted by Crippen LogP contribution is -2.26. The molecule has 0 saturated carbocycles. The van der Waals surface area contributed by atoms with Gasteiger partial charge in [0, 0.05) is 18.9 Å². The fraction of sp³-hybridized carbons (Fsp3) is 0.364. The summed E-state index contributed by atoms with van der Waals surface area (Å²) in [7, 11) is -3.08. The van der Waals surface area contributed by atoms with Gasteiger partial charge in [0.25, 0.3) is 11.6 Å². The summed E-state index contributed by atoms with van der Waals surface area (Å²) in [6, 6.07) is 3.93. The van der Waals surface area contributed by atoms with Crippen molar-refractivity contribution in [1.29, 1.82) is 0 Å². The standard InChI is InChI=1S/C11H15N3O5S/c1-20(18,19)7-3-6-13-11(15)8-4-2-5-9(10(8)12)14(16)17/h2,4-5H,3,6-7,12H2,1H3,(H,13,15). The van der Waals surface area contributed by atoms with Gasteiger partial charge in [0.2, 0.25) is 0 Å². The molecule has 0 unspecified atom stereocenters. The van der Waals surface area contributed by atoms with Crippen molar-refractivity contribution in [2.75, 3.05) is 24.3 Å². The van der Waals surface area contributed by atoms with E-state index in [1.807, 2.05) is 0 Å². The van der Waals surface area contributed by atoms with Gasteiger partial charge in [-0.15, -0.1) is 0 Å². The van der Waals surface area contributed by atoms with Crippen LogP contribution in [-0.2, 0) is 9.84 Å². The molecule has 0 bridgehead atoms. The highest BCUT2D eigenvalue weighted by molar-refractivity contribution is 7.90. The number of nitrogens with zero attached hydrogens (tertiary/aromatic N) is 1. The predicted molar refractivity (Wildman–Crippen MR) is 74.2 cm³/mol. The number of para-hydroxylation sites is 1. The van der Waals surface area contributed by atoms with Crippen LogP contribution in [0.3, 0.4) is 0 Å². The van der Waals surface area contributed by atoms with E-state index in [0.29, 0.717) is 0 Å². The SMILES string of the molecule is CS(=O)(=O)CCCNC(=O)c1cccc([N+](=O)[O-])c1N. The highest BCUT2D eigenvalue weighted by Gasteiger charge is 2.18. The van der Waals surface area contributed by atoms with E-state index in [9.17, 15) is 23.3 Å². The lowest BCUT2D eigenvalue weighted by atomic mass is 10.1. The van der Waals surface area contributed by atoms with E-state index in [1.54, 1.807) is 0 Å². The number of nitrogens with one attached hydrogen (secondary N) is 1. The van der Waals surface area contributed by atoms with Gasteiger partial charge in [-0.05, 0) is 12.5 Å². The Morgan fingerprint density at radius 2 is 2.10 bits per heavy atom. The van der Waals surface area contributed by atoms with Crippen LogP contribution < -0.4 is 11.1 Å². The van der Waals surface area contributed by atoms with Gasteiger partial charge in [-0.3, -0.25) is 14.9 Å². The molecule has 0 aliphatic rings. The average Bonchev–Trinajstić information content (AvgIpc) is 2.33. The first-order valence-corrected chi connectivity index (χ1v) is 7.77. The summed E-state index contributed by atoms with van der Waals surface area (Å²) in [5.41, 5.74) is 5.01. The number of nitro benzene ring substituents is 1. The second-order valence-electron chi connectivity index (χ2n) is 4.23. The summed E-state index contributed by atoms with van der Waals surface area (Å²) in [5.74, 6) is -0.614. The Kier molecular flexibility index (Phi) is 5.03. The number of hydrogen-bond donors (Lipinski definition) is 2. The molecule has 0 fully saturated rings. The molecule has 110 valence electrons. The van der Waals surface area contributed by atoms with Crippen molar-refractivity contribution in [2.45, 2.75) is 6.42 Å². The van der Waals surface area contributed by atoms with Crippen LogP contribution in [0.4, 0.5) is 11.4 Å². The van der Waals surface area contributed by atoms with Gasteiger partial charge in [-0.2, -0.15) is 0 Å². The Labute approximate surface area is 116 Å². The maximum atomic E-state index is 11.8. The summed E-state index contributed by atoms with van der Waals surface area (Å²) in [5, 5.41) is 13.2. The van der Waals surface area contributed by atoms with E-state index >= 15 is 0 Å². The molecule has 3 N–H and O–H groups in total. The highest BCUT2D eigenvalue weighted by Crippen LogP contribution is 2.24. The topological polar surface area (TPSA) is 132 Å². The Morgan fingerprint density at radius 1 is 1.45 bits per heavy atom. The van der Waals surface area contributed by atoms with E-state index in [4.69, 9.17) is 5.73 Å². The highest BCUT2D eigenvalue weighted by atomic mass is 32.2. The van der Waals surface area contributed by atoms with Crippen LogP contribution in [0, 0.1) is 10.1 Å². The molecule has 1 aromatic carbocycles. The van der Waals surface area contributed by atoms with Crippen molar-refractivity contribution >= 4 is 27.1 Å². The van der Waals surface area contributed by atoms with Crippen LogP contribution in [0.1, 0.15) is 16.8 Å². The summed E-state index contributed by atoms with van der Waals surface area (Å²) in [6.07, 6.45) is 1.37. The molecule has 0 radical (unpaired) electrons. The Morgan fingerprint density at radius 3 is 2.65 bits per heavy atom. The molecule has 1 rings (SSSR count). The minimum atomic E-state index is -3.08. The Bertz CT molecular complexity index is 627.